The van der Waals surface area contributed by atoms with Gasteiger partial charge in [0.2, 0.25) is 0 Å². The predicted molar refractivity (Wildman–Crippen MR) is 85.0 cm³/mol. The van der Waals surface area contributed by atoms with Crippen molar-refractivity contribution in [3.8, 4) is 0 Å². The molecule has 1 amide bonds. The number of halogens is 1. The zero-order chi connectivity index (χ0) is 15.3. The Morgan fingerprint density at radius 3 is 2.70 bits per heavy atom. The zero-order valence-corrected chi connectivity index (χ0v) is 14.3. The van der Waals surface area contributed by atoms with Gasteiger partial charge in [-0.05, 0) is 54.1 Å². The predicted octanol–water partition coefficient (Wildman–Crippen LogP) is 3.36. The molecule has 0 aliphatic carbocycles. The van der Waals surface area contributed by atoms with Gasteiger partial charge in [0.05, 0.1) is 0 Å². The molecule has 4 nitrogen and oxygen atoms in total. The normalized spacial score (nSPS) is 11.9. The summed E-state index contributed by atoms with van der Waals surface area (Å²) < 4.78 is 2.87. The fourth-order valence-corrected chi connectivity index (χ4v) is 2.55. The number of nitrogens with zero attached hydrogens (tertiary/aromatic N) is 1. The van der Waals surface area contributed by atoms with Crippen LogP contribution in [0.3, 0.4) is 0 Å². The van der Waals surface area contributed by atoms with E-state index in [-0.39, 0.29) is 24.0 Å². The maximum atomic E-state index is 12.3. The van der Waals surface area contributed by atoms with E-state index >= 15 is 0 Å². The maximum Gasteiger partial charge on any atom is 0.267 e. The molecule has 0 aliphatic heterocycles. The summed E-state index contributed by atoms with van der Waals surface area (Å²) in [5.41, 5.74) is 0.662. The highest BCUT2D eigenvalue weighted by molar-refractivity contribution is 9.10. The van der Waals surface area contributed by atoms with E-state index < -0.39 is 0 Å². The van der Waals surface area contributed by atoms with Crippen LogP contribution in [-0.4, -0.2) is 28.7 Å². The number of aliphatic hydroxyl groups excluding tert-OH is 1. The molecule has 114 valence electrons. The molecule has 1 rings (SSSR count). The average Bonchev–Trinajstić information content (AvgIpc) is 2.76. The lowest BCUT2D eigenvalue weighted by Crippen LogP contribution is -2.35. The van der Waals surface area contributed by atoms with Crippen molar-refractivity contribution >= 4 is 21.8 Å². The number of carbonyl (C=O) groups is 1. The SMILES string of the molecule is CC(C)n1cc(Br)cc1C(=O)NCC(C)(C)CCCO. The highest BCUT2D eigenvalue weighted by Crippen LogP contribution is 2.22. The first-order chi connectivity index (χ1) is 9.26. The molecule has 0 aromatic carbocycles. The van der Waals surface area contributed by atoms with Crippen LogP contribution in [0.4, 0.5) is 0 Å². The topological polar surface area (TPSA) is 54.3 Å². The minimum absolute atomic E-state index is 0.00905. The van der Waals surface area contributed by atoms with Crippen molar-refractivity contribution in [2.24, 2.45) is 5.41 Å². The second kappa shape index (κ2) is 7.27. The Labute approximate surface area is 129 Å². The molecule has 0 radical (unpaired) electrons. The van der Waals surface area contributed by atoms with Crippen LogP contribution in [0.2, 0.25) is 0 Å². The van der Waals surface area contributed by atoms with E-state index in [9.17, 15) is 4.79 Å². The molecular formula is C15H25BrN2O2. The fourth-order valence-electron chi connectivity index (χ4n) is 2.11. The highest BCUT2D eigenvalue weighted by Gasteiger charge is 2.20. The number of carbonyl (C=O) groups excluding carboxylic acids is 1. The van der Waals surface area contributed by atoms with Crippen LogP contribution in [0, 0.1) is 5.41 Å². The van der Waals surface area contributed by atoms with Crippen LogP contribution in [-0.2, 0) is 0 Å². The fraction of sp³-hybridized carbons (Fsp3) is 0.667. The number of aliphatic hydroxyl groups is 1. The van der Waals surface area contributed by atoms with E-state index in [2.05, 4.69) is 48.9 Å². The van der Waals surface area contributed by atoms with Crippen molar-refractivity contribution in [2.45, 2.75) is 46.6 Å². The summed E-state index contributed by atoms with van der Waals surface area (Å²) in [5.74, 6) is -0.0542. The average molecular weight is 345 g/mol. The van der Waals surface area contributed by atoms with Crippen LogP contribution >= 0.6 is 15.9 Å². The van der Waals surface area contributed by atoms with Gasteiger partial charge in [0.1, 0.15) is 5.69 Å². The molecule has 1 heterocycles. The number of nitrogens with one attached hydrogen (secondary N) is 1. The Balaban J connectivity index is 2.68. The molecule has 0 spiro atoms. The summed E-state index contributed by atoms with van der Waals surface area (Å²) in [7, 11) is 0. The van der Waals surface area contributed by atoms with Crippen LogP contribution in [0.5, 0.6) is 0 Å². The molecule has 1 aromatic rings. The Bertz CT molecular complexity index is 453. The lowest BCUT2D eigenvalue weighted by atomic mass is 9.88. The Hall–Kier alpha value is -0.810. The summed E-state index contributed by atoms with van der Waals surface area (Å²) >= 11 is 3.42. The summed E-state index contributed by atoms with van der Waals surface area (Å²) in [6.07, 6.45) is 3.58. The van der Waals surface area contributed by atoms with Gasteiger partial charge in [0.15, 0.2) is 0 Å². The Morgan fingerprint density at radius 1 is 1.50 bits per heavy atom. The van der Waals surface area contributed by atoms with Crippen molar-refractivity contribution in [3.05, 3.63) is 22.4 Å². The van der Waals surface area contributed by atoms with Crippen LogP contribution in [0.1, 0.15) is 57.1 Å². The third kappa shape index (κ3) is 4.94. The minimum Gasteiger partial charge on any atom is -0.396 e. The van der Waals surface area contributed by atoms with Crippen molar-refractivity contribution in [1.29, 1.82) is 0 Å². The quantitative estimate of drug-likeness (QED) is 0.796. The third-order valence-corrected chi connectivity index (χ3v) is 3.78. The maximum absolute atomic E-state index is 12.3. The van der Waals surface area contributed by atoms with Crippen LogP contribution in [0.25, 0.3) is 0 Å². The van der Waals surface area contributed by atoms with Gasteiger partial charge in [0.25, 0.3) is 5.91 Å². The first kappa shape index (κ1) is 17.2. The second-order valence-corrected chi connectivity index (χ2v) is 7.13. The lowest BCUT2D eigenvalue weighted by molar-refractivity contribution is 0.0922. The summed E-state index contributed by atoms with van der Waals surface area (Å²) in [6, 6.07) is 2.08. The van der Waals surface area contributed by atoms with Crippen molar-refractivity contribution in [3.63, 3.8) is 0 Å². The van der Waals surface area contributed by atoms with Crippen molar-refractivity contribution in [2.75, 3.05) is 13.2 Å². The number of rotatable bonds is 7. The minimum atomic E-state index is -0.0542. The van der Waals surface area contributed by atoms with Gasteiger partial charge in [-0.25, -0.2) is 0 Å². The smallest absolute Gasteiger partial charge is 0.267 e. The molecule has 0 bridgehead atoms. The number of aromatic nitrogens is 1. The molecule has 0 unspecified atom stereocenters. The second-order valence-electron chi connectivity index (χ2n) is 6.22. The molecule has 0 saturated heterocycles. The van der Waals surface area contributed by atoms with Crippen LogP contribution < -0.4 is 5.32 Å². The van der Waals surface area contributed by atoms with E-state index in [1.54, 1.807) is 0 Å². The van der Waals surface area contributed by atoms with E-state index in [0.717, 1.165) is 17.3 Å². The van der Waals surface area contributed by atoms with Gasteiger partial charge in [-0.15, -0.1) is 0 Å². The molecule has 5 heteroatoms. The van der Waals surface area contributed by atoms with Crippen LogP contribution in [0.15, 0.2) is 16.7 Å². The third-order valence-electron chi connectivity index (χ3n) is 3.34. The van der Waals surface area contributed by atoms with Gasteiger partial charge >= 0.3 is 0 Å². The Kier molecular flexibility index (Phi) is 6.27. The van der Waals surface area contributed by atoms with Crippen molar-refractivity contribution < 1.29 is 9.90 Å². The van der Waals surface area contributed by atoms with E-state index in [1.165, 1.54) is 0 Å². The number of amides is 1. The number of hydrogen-bond acceptors (Lipinski definition) is 2. The number of hydrogen-bond donors (Lipinski definition) is 2. The van der Waals surface area contributed by atoms with Gasteiger partial charge in [-0.2, -0.15) is 0 Å². The lowest BCUT2D eigenvalue weighted by Gasteiger charge is -2.25. The largest absolute Gasteiger partial charge is 0.396 e. The molecule has 0 saturated carbocycles. The molecule has 0 aliphatic rings. The van der Waals surface area contributed by atoms with Gasteiger partial charge in [-0.3, -0.25) is 4.79 Å². The van der Waals surface area contributed by atoms with Gasteiger partial charge in [-0.1, -0.05) is 13.8 Å². The molecule has 0 atom stereocenters. The molecular weight excluding hydrogens is 320 g/mol. The van der Waals surface area contributed by atoms with Gasteiger partial charge in [0, 0.05) is 29.9 Å². The standard InChI is InChI=1S/C15H25BrN2O2/c1-11(2)18-9-12(16)8-13(18)14(20)17-10-15(3,4)6-5-7-19/h8-9,11,19H,5-7,10H2,1-4H3,(H,17,20). The van der Waals surface area contributed by atoms with E-state index in [4.69, 9.17) is 5.11 Å². The monoisotopic (exact) mass is 344 g/mol. The summed E-state index contributed by atoms with van der Waals surface area (Å²) in [6.45, 7) is 9.09. The van der Waals surface area contributed by atoms with Crippen molar-refractivity contribution in [1.82, 2.24) is 9.88 Å². The van der Waals surface area contributed by atoms with E-state index in [1.807, 2.05) is 16.8 Å². The highest BCUT2D eigenvalue weighted by atomic mass is 79.9. The van der Waals surface area contributed by atoms with Gasteiger partial charge < -0.3 is 15.0 Å². The molecule has 2 N–H and O–H groups in total. The summed E-state index contributed by atoms with van der Waals surface area (Å²) in [5, 5.41) is 11.9. The van der Waals surface area contributed by atoms with E-state index in [0.29, 0.717) is 12.2 Å². The molecule has 0 fully saturated rings. The zero-order valence-electron chi connectivity index (χ0n) is 12.7. The first-order valence-corrected chi connectivity index (χ1v) is 7.82. The summed E-state index contributed by atoms with van der Waals surface area (Å²) in [4.78, 5) is 12.3. The Morgan fingerprint density at radius 2 is 2.15 bits per heavy atom. The molecule has 20 heavy (non-hydrogen) atoms. The first-order valence-electron chi connectivity index (χ1n) is 7.03. The molecule has 1 aromatic heterocycles.